The van der Waals surface area contributed by atoms with Gasteiger partial charge in [-0.15, -0.1) is 0 Å². The maximum Gasteiger partial charge on any atom is 0.241 e. The number of rotatable bonds is 6. The number of nitrogens with one attached hydrogen (secondary N) is 1. The monoisotopic (exact) mass is 326 g/mol. The first kappa shape index (κ1) is 17.2. The molecule has 0 aliphatic carbocycles. The van der Waals surface area contributed by atoms with E-state index >= 15 is 0 Å². The molecule has 2 rings (SSSR count). The van der Waals surface area contributed by atoms with E-state index in [1.54, 1.807) is 30.3 Å². The van der Waals surface area contributed by atoms with Crippen molar-refractivity contribution in [2.24, 2.45) is 5.73 Å². The van der Waals surface area contributed by atoms with Crippen molar-refractivity contribution in [2.75, 3.05) is 12.4 Å². The van der Waals surface area contributed by atoms with Gasteiger partial charge < -0.3 is 20.5 Å². The highest BCUT2D eigenvalue weighted by Gasteiger charge is 2.11. The van der Waals surface area contributed by atoms with E-state index in [-0.39, 0.29) is 5.91 Å². The first-order valence-corrected chi connectivity index (χ1v) is 7.35. The number of carbonyl (C=O) groups is 1. The highest BCUT2D eigenvalue weighted by molar-refractivity contribution is 5.94. The quantitative estimate of drug-likeness (QED) is 0.843. The Hall–Kier alpha value is -3.11. The summed E-state index contributed by atoms with van der Waals surface area (Å²) >= 11 is 0. The minimum absolute atomic E-state index is 0.259. The summed E-state index contributed by atoms with van der Waals surface area (Å²) in [5.74, 6) is 1.000. The topological polar surface area (TPSA) is 110 Å². The molecule has 2 aromatic rings. The zero-order valence-electron chi connectivity index (χ0n) is 13.4. The van der Waals surface area contributed by atoms with Gasteiger partial charge >= 0.3 is 0 Å². The molecule has 1 amide bonds. The minimum Gasteiger partial charge on any atom is -0.495 e. The van der Waals surface area contributed by atoms with Crippen molar-refractivity contribution in [2.45, 2.75) is 19.4 Å². The van der Waals surface area contributed by atoms with E-state index in [4.69, 9.17) is 20.5 Å². The summed E-state index contributed by atoms with van der Waals surface area (Å²) in [6.45, 7) is 1.84. The molecule has 124 valence electrons. The molecule has 0 spiro atoms. The van der Waals surface area contributed by atoms with E-state index in [1.807, 2.05) is 13.0 Å². The number of ether oxygens (including phenoxy) is 2. The summed E-state index contributed by atoms with van der Waals surface area (Å²) in [5.41, 5.74) is 6.61. The predicted octanol–water partition coefficient (Wildman–Crippen LogP) is 2.43. The number of hydrogen-bond acceptors (Lipinski definition) is 6. The van der Waals surface area contributed by atoms with Crippen LogP contribution in [0.5, 0.6) is 17.4 Å². The van der Waals surface area contributed by atoms with Gasteiger partial charge in [-0.05, 0) is 24.6 Å². The van der Waals surface area contributed by atoms with E-state index in [9.17, 15) is 4.79 Å². The summed E-state index contributed by atoms with van der Waals surface area (Å²) in [6, 6.07) is 9.64. The first-order valence-electron chi connectivity index (χ1n) is 7.35. The number of pyridine rings is 1. The van der Waals surface area contributed by atoms with Crippen molar-refractivity contribution in [3.05, 3.63) is 42.1 Å². The van der Waals surface area contributed by atoms with Gasteiger partial charge in [0.25, 0.3) is 0 Å². The standard InChI is InChI=1S/C17H18N4O3/c1-3-14(19)17(22)21-12-5-7-16(20-10-12)24-13-6-4-11(9-18)15(8-13)23-2/h4-8,10,14H,3,19H2,1-2H3,(H,21,22)/t14-/m1/s1. The molecule has 1 atom stereocenters. The predicted molar refractivity (Wildman–Crippen MR) is 88.9 cm³/mol. The summed E-state index contributed by atoms with van der Waals surface area (Å²) in [5, 5.41) is 11.6. The van der Waals surface area contributed by atoms with Crippen LogP contribution in [0.15, 0.2) is 36.5 Å². The van der Waals surface area contributed by atoms with Gasteiger partial charge in [0.1, 0.15) is 17.6 Å². The maximum absolute atomic E-state index is 11.7. The lowest BCUT2D eigenvalue weighted by Crippen LogP contribution is -2.34. The second kappa shape index (κ2) is 7.94. The number of aromatic nitrogens is 1. The fraction of sp³-hybridized carbons (Fsp3) is 0.235. The molecule has 0 radical (unpaired) electrons. The van der Waals surface area contributed by atoms with Crippen LogP contribution in [0.1, 0.15) is 18.9 Å². The third-order valence-corrected chi connectivity index (χ3v) is 3.30. The lowest BCUT2D eigenvalue weighted by atomic mass is 10.2. The Kier molecular flexibility index (Phi) is 5.71. The molecular weight excluding hydrogens is 308 g/mol. The second-order valence-electron chi connectivity index (χ2n) is 4.97. The van der Waals surface area contributed by atoms with Gasteiger partial charge in [-0.3, -0.25) is 4.79 Å². The average Bonchev–Trinajstić information content (AvgIpc) is 2.62. The molecule has 24 heavy (non-hydrogen) atoms. The van der Waals surface area contributed by atoms with Gasteiger partial charge in [-0.2, -0.15) is 5.26 Å². The Morgan fingerprint density at radius 1 is 1.42 bits per heavy atom. The number of hydrogen-bond donors (Lipinski definition) is 2. The molecule has 0 aliphatic heterocycles. The van der Waals surface area contributed by atoms with Crippen molar-refractivity contribution in [3.8, 4) is 23.4 Å². The van der Waals surface area contributed by atoms with Crippen LogP contribution in [0.4, 0.5) is 5.69 Å². The Bertz CT molecular complexity index is 753. The lowest BCUT2D eigenvalue weighted by molar-refractivity contribution is -0.117. The number of carbonyl (C=O) groups excluding carboxylic acids is 1. The molecule has 0 bridgehead atoms. The molecule has 1 aromatic carbocycles. The van der Waals surface area contributed by atoms with Gasteiger partial charge in [0.05, 0.1) is 30.6 Å². The normalized spacial score (nSPS) is 11.2. The van der Waals surface area contributed by atoms with Crippen molar-refractivity contribution in [1.82, 2.24) is 4.98 Å². The van der Waals surface area contributed by atoms with Crippen LogP contribution in [-0.4, -0.2) is 24.0 Å². The smallest absolute Gasteiger partial charge is 0.241 e. The zero-order chi connectivity index (χ0) is 17.5. The van der Waals surface area contributed by atoms with E-state index < -0.39 is 6.04 Å². The molecule has 1 aromatic heterocycles. The number of nitrogens with two attached hydrogens (primary N) is 1. The number of benzene rings is 1. The van der Waals surface area contributed by atoms with Crippen molar-refractivity contribution >= 4 is 11.6 Å². The summed E-state index contributed by atoms with van der Waals surface area (Å²) in [4.78, 5) is 15.8. The van der Waals surface area contributed by atoms with Crippen molar-refractivity contribution in [1.29, 1.82) is 5.26 Å². The van der Waals surface area contributed by atoms with Gasteiger partial charge in [0.15, 0.2) is 0 Å². The number of anilines is 1. The molecule has 3 N–H and O–H groups in total. The largest absolute Gasteiger partial charge is 0.495 e. The Morgan fingerprint density at radius 3 is 2.79 bits per heavy atom. The lowest BCUT2D eigenvalue weighted by Gasteiger charge is -2.11. The van der Waals surface area contributed by atoms with Crippen LogP contribution in [0.25, 0.3) is 0 Å². The first-order chi connectivity index (χ1) is 11.6. The number of nitriles is 1. The van der Waals surface area contributed by atoms with Crippen LogP contribution in [0.2, 0.25) is 0 Å². The van der Waals surface area contributed by atoms with E-state index in [1.165, 1.54) is 13.3 Å². The molecule has 0 fully saturated rings. The average molecular weight is 326 g/mol. The summed E-state index contributed by atoms with van der Waals surface area (Å²) < 4.78 is 10.7. The highest BCUT2D eigenvalue weighted by atomic mass is 16.5. The van der Waals surface area contributed by atoms with E-state index in [0.29, 0.717) is 35.1 Å². The van der Waals surface area contributed by atoms with E-state index in [2.05, 4.69) is 10.3 Å². The summed E-state index contributed by atoms with van der Waals surface area (Å²) in [6.07, 6.45) is 2.04. The number of amides is 1. The Balaban J connectivity index is 2.07. The molecule has 0 saturated carbocycles. The molecule has 0 saturated heterocycles. The van der Waals surface area contributed by atoms with Crippen molar-refractivity contribution in [3.63, 3.8) is 0 Å². The van der Waals surface area contributed by atoms with Crippen LogP contribution in [0.3, 0.4) is 0 Å². The number of nitrogens with zero attached hydrogens (tertiary/aromatic N) is 2. The fourth-order valence-electron chi connectivity index (χ4n) is 1.88. The van der Waals surface area contributed by atoms with Gasteiger partial charge in [-0.25, -0.2) is 4.98 Å². The van der Waals surface area contributed by atoms with Crippen LogP contribution in [0, 0.1) is 11.3 Å². The maximum atomic E-state index is 11.7. The van der Waals surface area contributed by atoms with Crippen molar-refractivity contribution < 1.29 is 14.3 Å². The second-order valence-corrected chi connectivity index (χ2v) is 4.97. The molecule has 0 aliphatic rings. The van der Waals surface area contributed by atoms with E-state index in [0.717, 1.165) is 0 Å². The number of methoxy groups -OCH3 is 1. The molecule has 1 heterocycles. The van der Waals surface area contributed by atoms with Gasteiger partial charge in [0, 0.05) is 12.1 Å². The highest BCUT2D eigenvalue weighted by Crippen LogP contribution is 2.27. The summed E-state index contributed by atoms with van der Waals surface area (Å²) in [7, 11) is 1.48. The Morgan fingerprint density at radius 2 is 2.21 bits per heavy atom. The SMILES string of the molecule is CC[C@@H](N)C(=O)Nc1ccc(Oc2ccc(C#N)c(OC)c2)nc1. The van der Waals surface area contributed by atoms with Gasteiger partial charge in [0.2, 0.25) is 11.8 Å². The Labute approximate surface area is 140 Å². The van der Waals surface area contributed by atoms with Crippen LogP contribution < -0.4 is 20.5 Å². The third-order valence-electron chi connectivity index (χ3n) is 3.30. The molecule has 7 nitrogen and oxygen atoms in total. The minimum atomic E-state index is -0.549. The molecular formula is C17H18N4O3. The fourth-order valence-corrected chi connectivity index (χ4v) is 1.88. The van der Waals surface area contributed by atoms with Crippen LogP contribution >= 0.6 is 0 Å². The van der Waals surface area contributed by atoms with Gasteiger partial charge in [-0.1, -0.05) is 6.92 Å². The molecule has 7 heteroatoms. The third kappa shape index (κ3) is 4.21. The zero-order valence-corrected chi connectivity index (χ0v) is 13.4. The van der Waals surface area contributed by atoms with Crippen LogP contribution in [-0.2, 0) is 4.79 Å². The molecule has 0 unspecified atom stereocenters.